The molecule has 4 N–H and O–H groups in total. The number of rotatable bonds is 2. The number of urea groups is 1. The zero-order valence-electron chi connectivity index (χ0n) is 8.79. The van der Waals surface area contributed by atoms with E-state index in [-0.39, 0.29) is 12.1 Å². The van der Waals surface area contributed by atoms with Crippen molar-refractivity contribution in [3.63, 3.8) is 0 Å². The number of nitrogen functional groups attached to an aromatic ring is 1. The average molecular weight is 223 g/mol. The summed E-state index contributed by atoms with van der Waals surface area (Å²) < 4.78 is 12.9. The largest absolute Gasteiger partial charge is 0.397 e. The summed E-state index contributed by atoms with van der Waals surface area (Å²) in [6.45, 7) is 0. The maximum atomic E-state index is 12.9. The number of amides is 2. The molecule has 0 saturated heterocycles. The second kappa shape index (κ2) is 4.38. The Labute approximate surface area is 93.0 Å². The molecule has 0 heterocycles. The van der Waals surface area contributed by atoms with E-state index >= 15 is 0 Å². The van der Waals surface area contributed by atoms with E-state index in [1.165, 1.54) is 18.2 Å². The lowest BCUT2D eigenvalue weighted by molar-refractivity contribution is 0.240. The topological polar surface area (TPSA) is 67.1 Å². The Balaban J connectivity index is 1.96. The van der Waals surface area contributed by atoms with Crippen molar-refractivity contribution < 1.29 is 9.18 Å². The molecule has 0 spiro atoms. The second-order valence-electron chi connectivity index (χ2n) is 3.96. The van der Waals surface area contributed by atoms with Crippen LogP contribution in [0.2, 0.25) is 0 Å². The molecule has 2 rings (SSSR count). The van der Waals surface area contributed by atoms with Crippen LogP contribution in [-0.4, -0.2) is 12.1 Å². The predicted octanol–water partition coefficient (Wildman–Crippen LogP) is 2.08. The highest BCUT2D eigenvalue weighted by atomic mass is 19.1. The summed E-state index contributed by atoms with van der Waals surface area (Å²) in [4.78, 5) is 11.5. The van der Waals surface area contributed by atoms with E-state index in [1.807, 2.05) is 0 Å². The molecule has 16 heavy (non-hydrogen) atoms. The SMILES string of the molecule is Nc1ccc(F)cc1NC(=O)NC1CCC1. The molecule has 1 saturated carbocycles. The minimum atomic E-state index is -0.423. The number of nitrogens with one attached hydrogen (secondary N) is 2. The third kappa shape index (κ3) is 2.42. The van der Waals surface area contributed by atoms with Crippen LogP contribution >= 0.6 is 0 Å². The fourth-order valence-corrected chi connectivity index (χ4v) is 1.53. The quantitative estimate of drug-likeness (QED) is 0.672. The zero-order chi connectivity index (χ0) is 11.5. The lowest BCUT2D eigenvalue weighted by Gasteiger charge is -2.26. The van der Waals surface area contributed by atoms with Gasteiger partial charge in [0.05, 0.1) is 11.4 Å². The minimum absolute atomic E-state index is 0.245. The van der Waals surface area contributed by atoms with Crippen molar-refractivity contribution in [1.29, 1.82) is 0 Å². The Morgan fingerprint density at radius 3 is 2.81 bits per heavy atom. The Morgan fingerprint density at radius 1 is 1.44 bits per heavy atom. The van der Waals surface area contributed by atoms with Crippen LogP contribution < -0.4 is 16.4 Å². The van der Waals surface area contributed by atoms with Crippen LogP contribution in [0.4, 0.5) is 20.6 Å². The van der Waals surface area contributed by atoms with Crippen molar-refractivity contribution in [2.45, 2.75) is 25.3 Å². The number of carbonyl (C=O) groups is 1. The molecule has 0 aromatic heterocycles. The molecule has 1 aliphatic rings. The van der Waals surface area contributed by atoms with Crippen LogP contribution in [-0.2, 0) is 0 Å². The van der Waals surface area contributed by atoms with Crippen LogP contribution in [0.25, 0.3) is 0 Å². The van der Waals surface area contributed by atoms with Gasteiger partial charge in [-0.3, -0.25) is 0 Å². The number of hydrogen-bond donors (Lipinski definition) is 3. The van der Waals surface area contributed by atoms with Crippen LogP contribution in [0.15, 0.2) is 18.2 Å². The highest BCUT2D eigenvalue weighted by molar-refractivity contribution is 5.92. The molecule has 0 unspecified atom stereocenters. The summed E-state index contributed by atoms with van der Waals surface area (Å²) in [7, 11) is 0. The van der Waals surface area contributed by atoms with Crippen LogP contribution in [0.3, 0.4) is 0 Å². The molecule has 0 aliphatic heterocycles. The van der Waals surface area contributed by atoms with Crippen molar-refractivity contribution in [3.05, 3.63) is 24.0 Å². The molecule has 5 heteroatoms. The molecule has 86 valence electrons. The van der Waals surface area contributed by atoms with Crippen LogP contribution in [0, 0.1) is 5.82 Å². The van der Waals surface area contributed by atoms with Gasteiger partial charge in [-0.15, -0.1) is 0 Å². The number of benzene rings is 1. The zero-order valence-corrected chi connectivity index (χ0v) is 8.79. The molecule has 0 atom stereocenters. The second-order valence-corrected chi connectivity index (χ2v) is 3.96. The smallest absolute Gasteiger partial charge is 0.319 e. The first-order valence-corrected chi connectivity index (χ1v) is 5.27. The molecule has 1 aromatic carbocycles. The van der Waals surface area contributed by atoms with Crippen LogP contribution in [0.1, 0.15) is 19.3 Å². The molecule has 1 aromatic rings. The third-order valence-corrected chi connectivity index (χ3v) is 2.70. The molecule has 0 bridgehead atoms. The lowest BCUT2D eigenvalue weighted by Crippen LogP contribution is -2.41. The first-order valence-electron chi connectivity index (χ1n) is 5.27. The van der Waals surface area contributed by atoms with Crippen molar-refractivity contribution in [2.24, 2.45) is 0 Å². The van der Waals surface area contributed by atoms with E-state index in [0.717, 1.165) is 19.3 Å². The van der Waals surface area contributed by atoms with E-state index in [4.69, 9.17) is 5.73 Å². The molecule has 1 fully saturated rings. The summed E-state index contributed by atoms with van der Waals surface area (Å²) in [5.41, 5.74) is 6.26. The molecule has 1 aliphatic carbocycles. The van der Waals surface area contributed by atoms with Gasteiger partial charge in [0.15, 0.2) is 0 Å². The van der Waals surface area contributed by atoms with Gasteiger partial charge in [0, 0.05) is 6.04 Å². The van der Waals surface area contributed by atoms with Gasteiger partial charge in [0.2, 0.25) is 0 Å². The van der Waals surface area contributed by atoms with Gasteiger partial charge < -0.3 is 16.4 Å². The Hall–Kier alpha value is -1.78. The monoisotopic (exact) mass is 223 g/mol. The summed E-state index contributed by atoms with van der Waals surface area (Å²) in [6, 6.07) is 3.80. The van der Waals surface area contributed by atoms with Crippen molar-refractivity contribution in [2.75, 3.05) is 11.1 Å². The Kier molecular flexibility index (Phi) is 2.94. The van der Waals surface area contributed by atoms with E-state index < -0.39 is 5.82 Å². The van der Waals surface area contributed by atoms with Gasteiger partial charge in [-0.25, -0.2) is 9.18 Å². The number of nitrogens with two attached hydrogens (primary N) is 1. The normalized spacial score (nSPS) is 15.3. The van der Waals surface area contributed by atoms with Gasteiger partial charge in [-0.1, -0.05) is 0 Å². The maximum Gasteiger partial charge on any atom is 0.319 e. The maximum absolute atomic E-state index is 12.9. The number of halogens is 1. The van der Waals surface area contributed by atoms with Gasteiger partial charge in [-0.2, -0.15) is 0 Å². The first kappa shape index (κ1) is 10.7. The minimum Gasteiger partial charge on any atom is -0.397 e. The van der Waals surface area contributed by atoms with Crippen molar-refractivity contribution in [3.8, 4) is 0 Å². The highest BCUT2D eigenvalue weighted by Crippen LogP contribution is 2.20. The Morgan fingerprint density at radius 2 is 2.19 bits per heavy atom. The average Bonchev–Trinajstić information content (AvgIpc) is 2.18. The highest BCUT2D eigenvalue weighted by Gasteiger charge is 2.19. The van der Waals surface area contributed by atoms with Gasteiger partial charge in [0.1, 0.15) is 5.82 Å². The van der Waals surface area contributed by atoms with E-state index in [9.17, 15) is 9.18 Å². The van der Waals surface area contributed by atoms with Crippen molar-refractivity contribution >= 4 is 17.4 Å². The van der Waals surface area contributed by atoms with Crippen molar-refractivity contribution in [1.82, 2.24) is 5.32 Å². The summed E-state index contributed by atoms with van der Waals surface area (Å²) >= 11 is 0. The van der Waals surface area contributed by atoms with E-state index in [0.29, 0.717) is 11.4 Å². The fraction of sp³-hybridized carbons (Fsp3) is 0.364. The molecular weight excluding hydrogens is 209 g/mol. The predicted molar refractivity (Wildman–Crippen MR) is 60.6 cm³/mol. The number of anilines is 2. The van der Waals surface area contributed by atoms with E-state index in [1.54, 1.807) is 0 Å². The third-order valence-electron chi connectivity index (χ3n) is 2.70. The van der Waals surface area contributed by atoms with E-state index in [2.05, 4.69) is 10.6 Å². The van der Waals surface area contributed by atoms with Gasteiger partial charge in [0.25, 0.3) is 0 Å². The number of hydrogen-bond acceptors (Lipinski definition) is 2. The summed E-state index contributed by atoms with van der Waals surface area (Å²) in [6.07, 6.45) is 3.16. The van der Waals surface area contributed by atoms with Gasteiger partial charge >= 0.3 is 6.03 Å². The van der Waals surface area contributed by atoms with Crippen LogP contribution in [0.5, 0.6) is 0 Å². The number of carbonyl (C=O) groups excluding carboxylic acids is 1. The summed E-state index contributed by atoms with van der Waals surface area (Å²) in [5, 5.41) is 5.32. The Bertz CT molecular complexity index is 404. The first-order chi connectivity index (χ1) is 7.65. The molecule has 0 radical (unpaired) electrons. The lowest BCUT2D eigenvalue weighted by atomic mass is 9.93. The molecular formula is C11H14FN3O. The molecule has 2 amide bonds. The standard InChI is InChI=1S/C11H14FN3O/c12-7-4-5-9(13)10(6-7)15-11(16)14-8-2-1-3-8/h4-6,8H,1-3,13H2,(H2,14,15,16). The summed E-state index contributed by atoms with van der Waals surface area (Å²) in [5.74, 6) is -0.423. The molecule has 4 nitrogen and oxygen atoms in total. The fourth-order valence-electron chi connectivity index (χ4n) is 1.53. The van der Waals surface area contributed by atoms with Gasteiger partial charge in [-0.05, 0) is 37.5 Å².